The van der Waals surface area contributed by atoms with Crippen LogP contribution in [0.15, 0.2) is 78.9 Å². The van der Waals surface area contributed by atoms with Gasteiger partial charge in [-0.15, -0.1) is 0 Å². The van der Waals surface area contributed by atoms with Gasteiger partial charge < -0.3 is 14.6 Å². The first kappa shape index (κ1) is 22.4. The Kier molecular flexibility index (Phi) is 8.99. The van der Waals surface area contributed by atoms with Crippen LogP contribution in [0.5, 0.6) is 11.5 Å². The molecule has 0 bridgehead atoms. The summed E-state index contributed by atoms with van der Waals surface area (Å²) < 4.78 is 11.8. The van der Waals surface area contributed by atoms with Crippen LogP contribution in [0.3, 0.4) is 0 Å². The predicted octanol–water partition coefficient (Wildman–Crippen LogP) is 6.19. The number of benzene rings is 3. The second-order valence-corrected chi connectivity index (χ2v) is 7.52. The van der Waals surface area contributed by atoms with E-state index in [0.29, 0.717) is 24.7 Å². The third-order valence-electron chi connectivity index (χ3n) is 5.12. The predicted molar refractivity (Wildman–Crippen MR) is 123 cm³/mol. The van der Waals surface area contributed by atoms with Gasteiger partial charge in [0.15, 0.2) is 11.5 Å². The normalized spacial score (nSPS) is 10.6. The number of aryl methyl sites for hydroxylation is 2. The Balaban J connectivity index is 1.47. The maximum Gasteiger partial charge on any atom is 0.339 e. The monoisotopic (exact) mass is 418 g/mol. The molecule has 0 spiro atoms. The van der Waals surface area contributed by atoms with Gasteiger partial charge in [-0.3, -0.25) is 0 Å². The molecular weight excluding hydrogens is 388 g/mol. The van der Waals surface area contributed by atoms with E-state index in [4.69, 9.17) is 9.47 Å². The largest absolute Gasteiger partial charge is 0.490 e. The van der Waals surface area contributed by atoms with Crippen LogP contribution in [-0.4, -0.2) is 24.3 Å². The van der Waals surface area contributed by atoms with Crippen molar-refractivity contribution >= 4 is 5.97 Å². The Bertz CT molecular complexity index is 922. The minimum Gasteiger partial charge on any atom is -0.490 e. The van der Waals surface area contributed by atoms with Gasteiger partial charge in [0.1, 0.15) is 5.56 Å². The Morgan fingerprint density at radius 2 is 1.19 bits per heavy atom. The number of carboxylic acids is 1. The summed E-state index contributed by atoms with van der Waals surface area (Å²) in [6.07, 6.45) is 5.72. The highest BCUT2D eigenvalue weighted by Gasteiger charge is 2.16. The number of carbonyl (C=O) groups is 1. The molecule has 162 valence electrons. The zero-order valence-corrected chi connectivity index (χ0v) is 17.8. The van der Waals surface area contributed by atoms with E-state index in [1.165, 1.54) is 11.1 Å². The summed E-state index contributed by atoms with van der Waals surface area (Å²) in [6, 6.07) is 25.7. The van der Waals surface area contributed by atoms with Crippen LogP contribution in [0, 0.1) is 0 Å². The first-order valence-corrected chi connectivity index (χ1v) is 10.9. The second-order valence-electron chi connectivity index (χ2n) is 7.52. The van der Waals surface area contributed by atoms with Gasteiger partial charge in [0.2, 0.25) is 0 Å². The molecule has 0 atom stereocenters. The summed E-state index contributed by atoms with van der Waals surface area (Å²) in [5, 5.41) is 9.54. The van der Waals surface area contributed by atoms with Crippen molar-refractivity contribution in [3.8, 4) is 11.5 Å². The first-order valence-electron chi connectivity index (χ1n) is 10.9. The van der Waals surface area contributed by atoms with Crippen molar-refractivity contribution in [2.24, 2.45) is 0 Å². The Hall–Kier alpha value is -3.27. The lowest BCUT2D eigenvalue weighted by Gasteiger charge is -2.15. The average Bonchev–Trinajstić information content (AvgIpc) is 2.80. The Morgan fingerprint density at radius 1 is 0.645 bits per heavy atom. The van der Waals surface area contributed by atoms with Gasteiger partial charge in [-0.1, -0.05) is 66.7 Å². The number of unbranched alkanes of at least 4 members (excludes halogenated alkanes) is 2. The molecule has 1 N–H and O–H groups in total. The van der Waals surface area contributed by atoms with E-state index in [1.54, 1.807) is 18.2 Å². The SMILES string of the molecule is O=C(O)c1cccc(OCCCCc2ccccc2)c1OCCCCc1ccccc1. The molecule has 0 saturated heterocycles. The molecule has 0 aliphatic heterocycles. The van der Waals surface area contributed by atoms with Crippen molar-refractivity contribution in [3.63, 3.8) is 0 Å². The fraction of sp³-hybridized carbons (Fsp3) is 0.296. The number of aromatic carboxylic acids is 1. The van der Waals surface area contributed by atoms with Gasteiger partial charge in [-0.2, -0.15) is 0 Å². The topological polar surface area (TPSA) is 55.8 Å². The van der Waals surface area contributed by atoms with Gasteiger partial charge in [0.05, 0.1) is 13.2 Å². The number of rotatable bonds is 13. The summed E-state index contributed by atoms with van der Waals surface area (Å²) >= 11 is 0. The van der Waals surface area contributed by atoms with Gasteiger partial charge in [-0.05, 0) is 61.8 Å². The summed E-state index contributed by atoms with van der Waals surface area (Å²) in [6.45, 7) is 0.988. The van der Waals surface area contributed by atoms with Crippen LogP contribution in [0.4, 0.5) is 0 Å². The maximum absolute atomic E-state index is 11.6. The van der Waals surface area contributed by atoms with Gasteiger partial charge in [-0.25, -0.2) is 4.79 Å². The number of hydrogen-bond donors (Lipinski definition) is 1. The van der Waals surface area contributed by atoms with Crippen molar-refractivity contribution in [1.82, 2.24) is 0 Å². The highest BCUT2D eigenvalue weighted by atomic mass is 16.5. The standard InChI is InChI=1S/C27H30O4/c28-27(29)24-18-11-19-25(30-20-9-7-16-22-12-3-1-4-13-22)26(24)31-21-10-8-17-23-14-5-2-6-15-23/h1-6,11-15,18-19H,7-10,16-17,20-21H2,(H,28,29). The molecule has 0 heterocycles. The first-order chi connectivity index (χ1) is 15.2. The third kappa shape index (κ3) is 7.49. The molecule has 0 fully saturated rings. The van der Waals surface area contributed by atoms with E-state index in [0.717, 1.165) is 38.5 Å². The van der Waals surface area contributed by atoms with Crippen LogP contribution in [0.2, 0.25) is 0 Å². The molecule has 3 aromatic rings. The zero-order chi connectivity index (χ0) is 21.7. The molecule has 0 aliphatic rings. The molecule has 3 aromatic carbocycles. The highest BCUT2D eigenvalue weighted by molar-refractivity contribution is 5.92. The van der Waals surface area contributed by atoms with Gasteiger partial charge in [0.25, 0.3) is 0 Å². The Morgan fingerprint density at radius 3 is 1.74 bits per heavy atom. The zero-order valence-electron chi connectivity index (χ0n) is 17.8. The van der Waals surface area contributed by atoms with E-state index in [-0.39, 0.29) is 5.56 Å². The smallest absolute Gasteiger partial charge is 0.339 e. The molecule has 31 heavy (non-hydrogen) atoms. The van der Waals surface area contributed by atoms with E-state index in [2.05, 4.69) is 24.3 Å². The van der Waals surface area contributed by atoms with Crippen molar-refractivity contribution < 1.29 is 19.4 Å². The second kappa shape index (κ2) is 12.4. The lowest BCUT2D eigenvalue weighted by Crippen LogP contribution is -2.08. The van der Waals surface area contributed by atoms with Crippen molar-refractivity contribution in [3.05, 3.63) is 95.6 Å². The molecule has 4 heteroatoms. The molecule has 3 rings (SSSR count). The summed E-state index contributed by atoms with van der Waals surface area (Å²) in [4.78, 5) is 11.6. The molecule has 0 amide bonds. The molecule has 0 radical (unpaired) electrons. The van der Waals surface area contributed by atoms with Crippen LogP contribution >= 0.6 is 0 Å². The lowest BCUT2D eigenvalue weighted by molar-refractivity contribution is 0.0691. The van der Waals surface area contributed by atoms with E-state index in [1.807, 2.05) is 36.4 Å². The van der Waals surface area contributed by atoms with Crippen molar-refractivity contribution in [2.45, 2.75) is 38.5 Å². The number of hydrogen-bond acceptors (Lipinski definition) is 3. The maximum atomic E-state index is 11.6. The van der Waals surface area contributed by atoms with Crippen LogP contribution < -0.4 is 9.47 Å². The van der Waals surface area contributed by atoms with Crippen LogP contribution in [0.25, 0.3) is 0 Å². The molecule has 4 nitrogen and oxygen atoms in total. The third-order valence-corrected chi connectivity index (χ3v) is 5.12. The highest BCUT2D eigenvalue weighted by Crippen LogP contribution is 2.32. The molecule has 0 saturated carbocycles. The molecule has 0 aromatic heterocycles. The van der Waals surface area contributed by atoms with Crippen molar-refractivity contribution in [2.75, 3.05) is 13.2 Å². The summed E-state index contributed by atoms with van der Waals surface area (Å²) in [5.41, 5.74) is 2.76. The lowest BCUT2D eigenvalue weighted by atomic mass is 10.1. The van der Waals surface area contributed by atoms with Crippen molar-refractivity contribution in [1.29, 1.82) is 0 Å². The fourth-order valence-corrected chi connectivity index (χ4v) is 3.45. The van der Waals surface area contributed by atoms with Crippen LogP contribution in [-0.2, 0) is 12.8 Å². The van der Waals surface area contributed by atoms with E-state index in [9.17, 15) is 9.90 Å². The Labute approximate surface area is 184 Å². The molecular formula is C27H30O4. The van der Waals surface area contributed by atoms with Gasteiger partial charge >= 0.3 is 5.97 Å². The van der Waals surface area contributed by atoms with Crippen LogP contribution in [0.1, 0.15) is 47.2 Å². The van der Waals surface area contributed by atoms with Gasteiger partial charge in [0, 0.05) is 0 Å². The number of para-hydroxylation sites is 1. The quantitative estimate of drug-likeness (QED) is 0.336. The summed E-state index contributed by atoms with van der Waals surface area (Å²) in [5.74, 6) is -0.172. The molecule has 0 unspecified atom stereocenters. The van der Waals surface area contributed by atoms with E-state index >= 15 is 0 Å². The minimum atomic E-state index is -1.01. The van der Waals surface area contributed by atoms with E-state index < -0.39 is 5.97 Å². The fourth-order valence-electron chi connectivity index (χ4n) is 3.45. The summed E-state index contributed by atoms with van der Waals surface area (Å²) in [7, 11) is 0. The minimum absolute atomic E-state index is 0.143. The average molecular weight is 419 g/mol. The molecule has 0 aliphatic carbocycles. The number of ether oxygens (including phenoxy) is 2. The number of carboxylic acid groups (broad SMARTS) is 1.